The third-order valence-electron chi connectivity index (χ3n) is 6.02. The summed E-state index contributed by atoms with van der Waals surface area (Å²) in [4.78, 5) is 57.8. The van der Waals surface area contributed by atoms with Crippen LogP contribution in [0.4, 0.5) is 23.1 Å². The van der Waals surface area contributed by atoms with E-state index in [4.69, 9.17) is 0 Å². The average molecular weight is 440 g/mol. The molecule has 2 aromatic rings. The molecule has 0 radical (unpaired) electrons. The number of aromatic amines is 1. The SMILES string of the molecule is Cc1cc([N+](=O)[O-])ccc1NC(=O)C1CC(=O)Nc2nc(N3CCC(C)CC3)[nH]c(=O)c21. The third-order valence-corrected chi connectivity index (χ3v) is 6.02. The van der Waals surface area contributed by atoms with Gasteiger partial charge < -0.3 is 15.5 Å². The molecule has 0 aliphatic carbocycles. The lowest BCUT2D eigenvalue weighted by Gasteiger charge is -2.31. The van der Waals surface area contributed by atoms with Crippen LogP contribution in [0.3, 0.4) is 0 Å². The van der Waals surface area contributed by atoms with Gasteiger partial charge in [0.1, 0.15) is 5.82 Å². The van der Waals surface area contributed by atoms with Gasteiger partial charge in [-0.2, -0.15) is 4.98 Å². The van der Waals surface area contributed by atoms with Crippen molar-refractivity contribution < 1.29 is 14.5 Å². The number of carbonyl (C=O) groups excluding carboxylic acids is 2. The molecule has 0 spiro atoms. The molecule has 2 aliphatic rings. The summed E-state index contributed by atoms with van der Waals surface area (Å²) in [6.07, 6.45) is 1.76. The smallest absolute Gasteiger partial charge is 0.269 e. The molecular formula is C21H24N6O5. The number of piperidine rings is 1. The number of rotatable bonds is 4. The van der Waals surface area contributed by atoms with E-state index in [-0.39, 0.29) is 23.5 Å². The second-order valence-electron chi connectivity index (χ2n) is 8.37. The van der Waals surface area contributed by atoms with Gasteiger partial charge >= 0.3 is 0 Å². The van der Waals surface area contributed by atoms with Crippen molar-refractivity contribution in [3.05, 3.63) is 49.8 Å². The summed E-state index contributed by atoms with van der Waals surface area (Å²) in [7, 11) is 0. The van der Waals surface area contributed by atoms with Crippen LogP contribution in [0.5, 0.6) is 0 Å². The molecule has 3 N–H and O–H groups in total. The van der Waals surface area contributed by atoms with Crippen LogP contribution in [0.2, 0.25) is 0 Å². The van der Waals surface area contributed by atoms with Gasteiger partial charge in [0.2, 0.25) is 17.8 Å². The van der Waals surface area contributed by atoms with Crippen LogP contribution in [-0.4, -0.2) is 39.8 Å². The van der Waals surface area contributed by atoms with E-state index < -0.39 is 28.2 Å². The molecule has 1 atom stereocenters. The zero-order valence-electron chi connectivity index (χ0n) is 17.8. The number of H-pyrrole nitrogens is 1. The predicted octanol–water partition coefficient (Wildman–Crippen LogP) is 2.29. The quantitative estimate of drug-likeness (QED) is 0.487. The second kappa shape index (κ2) is 8.40. The molecule has 2 aliphatic heterocycles. The highest BCUT2D eigenvalue weighted by Crippen LogP contribution is 2.31. The van der Waals surface area contributed by atoms with Gasteiger partial charge in [-0.3, -0.25) is 29.5 Å². The molecule has 0 saturated carbocycles. The molecule has 1 saturated heterocycles. The van der Waals surface area contributed by atoms with E-state index in [1.54, 1.807) is 6.92 Å². The van der Waals surface area contributed by atoms with Crippen molar-refractivity contribution in [1.82, 2.24) is 9.97 Å². The number of nitro groups is 1. The summed E-state index contributed by atoms with van der Waals surface area (Å²) in [6.45, 7) is 5.31. The van der Waals surface area contributed by atoms with Gasteiger partial charge in [0.25, 0.3) is 11.2 Å². The van der Waals surface area contributed by atoms with Gasteiger partial charge in [0.15, 0.2) is 0 Å². The fourth-order valence-corrected chi connectivity index (χ4v) is 4.08. The van der Waals surface area contributed by atoms with Crippen LogP contribution in [0.15, 0.2) is 23.0 Å². The first-order valence-electron chi connectivity index (χ1n) is 10.5. The van der Waals surface area contributed by atoms with Gasteiger partial charge in [-0.1, -0.05) is 6.92 Å². The number of fused-ring (bicyclic) bond motifs is 1. The first-order valence-corrected chi connectivity index (χ1v) is 10.5. The molecule has 0 bridgehead atoms. The highest BCUT2D eigenvalue weighted by Gasteiger charge is 2.35. The molecule has 4 rings (SSSR count). The van der Waals surface area contributed by atoms with E-state index >= 15 is 0 Å². The molecule has 3 heterocycles. The number of carbonyl (C=O) groups is 2. The maximum atomic E-state index is 13.0. The number of hydrogen-bond donors (Lipinski definition) is 3. The van der Waals surface area contributed by atoms with Crippen LogP contribution >= 0.6 is 0 Å². The summed E-state index contributed by atoms with van der Waals surface area (Å²) in [5.74, 6) is -0.905. The molecular weight excluding hydrogens is 416 g/mol. The first kappa shape index (κ1) is 21.5. The molecule has 1 fully saturated rings. The standard InChI is InChI=1S/C21H24N6O5/c1-11-5-7-26(8-6-11)21-24-18-17(20(30)25-21)14(10-16(28)23-18)19(29)22-15-4-3-13(27(31)32)9-12(15)2/h3-4,9,11,14H,5-8,10H2,1-2H3,(H,22,29)(H2,23,24,25,28,30). The van der Waals surface area contributed by atoms with E-state index in [1.807, 2.05) is 4.90 Å². The third kappa shape index (κ3) is 4.18. The van der Waals surface area contributed by atoms with Crippen LogP contribution in [0, 0.1) is 23.0 Å². The highest BCUT2D eigenvalue weighted by atomic mass is 16.6. The minimum absolute atomic E-state index is 0.0943. The lowest BCUT2D eigenvalue weighted by atomic mass is 9.92. The Hall–Kier alpha value is -3.76. The van der Waals surface area contributed by atoms with E-state index in [0.29, 0.717) is 23.1 Å². The number of aromatic nitrogens is 2. The average Bonchev–Trinajstić information content (AvgIpc) is 2.74. The normalized spacial score (nSPS) is 18.6. The van der Waals surface area contributed by atoms with Crippen molar-refractivity contribution in [3.8, 4) is 0 Å². The van der Waals surface area contributed by atoms with Crippen molar-refractivity contribution in [2.45, 2.75) is 39.0 Å². The number of benzene rings is 1. The lowest BCUT2D eigenvalue weighted by Crippen LogP contribution is -2.39. The summed E-state index contributed by atoms with van der Waals surface area (Å²) in [6, 6.07) is 4.06. The summed E-state index contributed by atoms with van der Waals surface area (Å²) in [5.41, 5.74) is 0.412. The molecule has 168 valence electrons. The maximum absolute atomic E-state index is 13.0. The summed E-state index contributed by atoms with van der Waals surface area (Å²) >= 11 is 0. The van der Waals surface area contributed by atoms with Crippen LogP contribution in [0.25, 0.3) is 0 Å². The van der Waals surface area contributed by atoms with Crippen molar-refractivity contribution >= 4 is 35.0 Å². The first-order chi connectivity index (χ1) is 15.2. The fraction of sp³-hybridized carbons (Fsp3) is 0.429. The Balaban J connectivity index is 1.61. The van der Waals surface area contributed by atoms with Crippen molar-refractivity contribution in [2.24, 2.45) is 5.92 Å². The number of amides is 2. The molecule has 11 heteroatoms. The van der Waals surface area contributed by atoms with Crippen molar-refractivity contribution in [1.29, 1.82) is 0 Å². The van der Waals surface area contributed by atoms with Gasteiger partial charge in [-0.15, -0.1) is 0 Å². The number of nitro benzene ring substituents is 1. The maximum Gasteiger partial charge on any atom is 0.269 e. The Bertz CT molecular complexity index is 1150. The van der Waals surface area contributed by atoms with Crippen LogP contribution in [0.1, 0.15) is 43.2 Å². The van der Waals surface area contributed by atoms with Crippen molar-refractivity contribution in [3.63, 3.8) is 0 Å². The van der Waals surface area contributed by atoms with E-state index in [1.165, 1.54) is 18.2 Å². The zero-order valence-corrected chi connectivity index (χ0v) is 17.8. The highest BCUT2D eigenvalue weighted by molar-refractivity contribution is 6.04. The van der Waals surface area contributed by atoms with E-state index in [9.17, 15) is 24.5 Å². The number of aryl methyl sites for hydroxylation is 1. The second-order valence-corrected chi connectivity index (χ2v) is 8.37. The Morgan fingerprint density at radius 2 is 2.00 bits per heavy atom. The minimum atomic E-state index is -1.03. The monoisotopic (exact) mass is 440 g/mol. The molecule has 32 heavy (non-hydrogen) atoms. The Kier molecular flexibility index (Phi) is 5.64. The Labute approximate surface area is 183 Å². The van der Waals surface area contributed by atoms with Gasteiger partial charge in [0, 0.05) is 37.3 Å². The van der Waals surface area contributed by atoms with Crippen LogP contribution in [-0.2, 0) is 9.59 Å². The number of anilines is 3. The van der Waals surface area contributed by atoms with Crippen molar-refractivity contribution in [2.75, 3.05) is 28.6 Å². The largest absolute Gasteiger partial charge is 0.342 e. The number of hydrogen-bond acceptors (Lipinski definition) is 7. The van der Waals surface area contributed by atoms with Gasteiger partial charge in [-0.05, 0) is 37.3 Å². The topological polar surface area (TPSA) is 150 Å². The summed E-state index contributed by atoms with van der Waals surface area (Å²) in [5, 5.41) is 16.2. The Morgan fingerprint density at radius 1 is 1.28 bits per heavy atom. The van der Waals surface area contributed by atoms with E-state index in [2.05, 4.69) is 27.5 Å². The van der Waals surface area contributed by atoms with Crippen LogP contribution < -0.4 is 21.1 Å². The number of non-ortho nitro benzene ring substituents is 1. The molecule has 1 unspecified atom stereocenters. The molecule has 1 aromatic heterocycles. The van der Waals surface area contributed by atoms with Gasteiger partial charge in [0.05, 0.1) is 16.4 Å². The zero-order chi connectivity index (χ0) is 23.0. The molecule has 2 amide bonds. The number of nitrogens with zero attached hydrogens (tertiary/aromatic N) is 3. The summed E-state index contributed by atoms with van der Waals surface area (Å²) < 4.78 is 0. The lowest BCUT2D eigenvalue weighted by molar-refractivity contribution is -0.384. The number of nitrogens with one attached hydrogen (secondary N) is 3. The van der Waals surface area contributed by atoms with Gasteiger partial charge in [-0.25, -0.2) is 0 Å². The Morgan fingerprint density at radius 3 is 2.66 bits per heavy atom. The molecule has 1 aromatic carbocycles. The minimum Gasteiger partial charge on any atom is -0.342 e. The predicted molar refractivity (Wildman–Crippen MR) is 118 cm³/mol. The molecule has 11 nitrogen and oxygen atoms in total. The van der Waals surface area contributed by atoms with E-state index in [0.717, 1.165) is 25.9 Å². The fourth-order valence-electron chi connectivity index (χ4n) is 4.08.